The lowest BCUT2D eigenvalue weighted by atomic mass is 9.80. The second kappa shape index (κ2) is 3.70. The number of allylic oxidation sites excluding steroid dienone is 1. The molecule has 0 radical (unpaired) electrons. The van der Waals surface area contributed by atoms with Crippen molar-refractivity contribution in [2.45, 2.75) is 32.6 Å². The highest BCUT2D eigenvalue weighted by Gasteiger charge is 2.20. The summed E-state index contributed by atoms with van der Waals surface area (Å²) in [6.07, 6.45) is 5.58. The lowest BCUT2D eigenvalue weighted by Gasteiger charge is -2.25. The molecular formula is C10H16O. The second-order valence-electron chi connectivity index (χ2n) is 3.59. The lowest BCUT2D eigenvalue weighted by molar-refractivity contribution is -0.112. The Morgan fingerprint density at radius 2 is 1.91 bits per heavy atom. The van der Waals surface area contributed by atoms with Crippen LogP contribution in [0.2, 0.25) is 0 Å². The molecule has 1 rings (SSSR count). The molecular weight excluding hydrogens is 136 g/mol. The highest BCUT2D eigenvalue weighted by molar-refractivity contribution is 5.53. The standard InChI is InChI=1S/C10H16O/c1-8(2)10-5-3-9(7-11)4-6-10/h7,9-10H,1,3-6H2,2H3. The predicted octanol–water partition coefficient (Wildman–Crippen LogP) is 2.57. The van der Waals surface area contributed by atoms with Crippen molar-refractivity contribution in [3.63, 3.8) is 0 Å². The molecule has 0 aromatic carbocycles. The van der Waals surface area contributed by atoms with Crippen molar-refractivity contribution >= 4 is 6.29 Å². The summed E-state index contributed by atoms with van der Waals surface area (Å²) in [5, 5.41) is 0. The van der Waals surface area contributed by atoms with Gasteiger partial charge in [0.25, 0.3) is 0 Å². The molecule has 1 saturated carbocycles. The highest BCUT2D eigenvalue weighted by Crippen LogP contribution is 2.31. The van der Waals surface area contributed by atoms with Crippen molar-refractivity contribution < 1.29 is 4.79 Å². The fourth-order valence-electron chi connectivity index (χ4n) is 1.75. The molecule has 0 aromatic heterocycles. The van der Waals surface area contributed by atoms with Gasteiger partial charge in [-0.15, -0.1) is 0 Å². The number of carbonyl (C=O) groups excluding carboxylic acids is 1. The fraction of sp³-hybridized carbons (Fsp3) is 0.700. The molecule has 0 N–H and O–H groups in total. The summed E-state index contributed by atoms with van der Waals surface area (Å²) in [6, 6.07) is 0. The van der Waals surface area contributed by atoms with Crippen molar-refractivity contribution in [1.29, 1.82) is 0 Å². The van der Waals surface area contributed by atoms with Gasteiger partial charge in [-0.3, -0.25) is 0 Å². The molecule has 62 valence electrons. The minimum Gasteiger partial charge on any atom is -0.303 e. The van der Waals surface area contributed by atoms with Crippen LogP contribution in [0.15, 0.2) is 12.2 Å². The van der Waals surface area contributed by atoms with Gasteiger partial charge in [-0.25, -0.2) is 0 Å². The minimum atomic E-state index is 0.339. The topological polar surface area (TPSA) is 17.1 Å². The average molecular weight is 152 g/mol. The van der Waals surface area contributed by atoms with Gasteiger partial charge in [-0.1, -0.05) is 12.2 Å². The Kier molecular flexibility index (Phi) is 2.86. The molecule has 0 saturated heterocycles. The van der Waals surface area contributed by atoms with Crippen molar-refractivity contribution in [3.8, 4) is 0 Å². The maximum atomic E-state index is 10.4. The van der Waals surface area contributed by atoms with Gasteiger partial charge in [0.1, 0.15) is 6.29 Å². The van der Waals surface area contributed by atoms with Crippen LogP contribution in [-0.2, 0) is 4.79 Å². The summed E-state index contributed by atoms with van der Waals surface area (Å²) < 4.78 is 0. The Bertz CT molecular complexity index is 152. The van der Waals surface area contributed by atoms with Crippen LogP contribution in [-0.4, -0.2) is 6.29 Å². The molecule has 0 aromatic rings. The molecule has 1 nitrogen and oxygen atoms in total. The molecule has 0 unspecified atom stereocenters. The molecule has 0 aliphatic heterocycles. The van der Waals surface area contributed by atoms with Gasteiger partial charge in [0.2, 0.25) is 0 Å². The van der Waals surface area contributed by atoms with Crippen molar-refractivity contribution in [2.24, 2.45) is 11.8 Å². The van der Waals surface area contributed by atoms with E-state index in [2.05, 4.69) is 13.5 Å². The zero-order valence-corrected chi connectivity index (χ0v) is 7.18. The monoisotopic (exact) mass is 152 g/mol. The molecule has 0 spiro atoms. The summed E-state index contributed by atoms with van der Waals surface area (Å²) in [5.74, 6) is 1.02. The summed E-state index contributed by atoms with van der Waals surface area (Å²) >= 11 is 0. The number of rotatable bonds is 2. The van der Waals surface area contributed by atoms with Crippen LogP contribution >= 0.6 is 0 Å². The Hall–Kier alpha value is -0.590. The maximum Gasteiger partial charge on any atom is 0.123 e. The molecule has 1 aliphatic carbocycles. The Labute approximate surface area is 68.5 Å². The van der Waals surface area contributed by atoms with E-state index in [-0.39, 0.29) is 0 Å². The van der Waals surface area contributed by atoms with Gasteiger partial charge in [-0.2, -0.15) is 0 Å². The first-order chi connectivity index (χ1) is 5.24. The third kappa shape index (κ3) is 2.18. The number of hydrogen-bond donors (Lipinski definition) is 0. The van der Waals surface area contributed by atoms with E-state index >= 15 is 0 Å². The molecule has 1 heteroatoms. The number of aldehydes is 1. The van der Waals surface area contributed by atoms with Crippen LogP contribution in [0.4, 0.5) is 0 Å². The molecule has 0 atom stereocenters. The van der Waals surface area contributed by atoms with E-state index in [1.807, 2.05) is 0 Å². The number of hydrogen-bond acceptors (Lipinski definition) is 1. The maximum absolute atomic E-state index is 10.4. The first-order valence-corrected chi connectivity index (χ1v) is 4.34. The van der Waals surface area contributed by atoms with E-state index in [1.54, 1.807) is 0 Å². The van der Waals surface area contributed by atoms with Gasteiger partial charge in [-0.05, 0) is 38.5 Å². The number of carbonyl (C=O) groups is 1. The van der Waals surface area contributed by atoms with Gasteiger partial charge in [0.05, 0.1) is 0 Å². The quantitative estimate of drug-likeness (QED) is 0.439. The summed E-state index contributed by atoms with van der Waals surface area (Å²) in [4.78, 5) is 10.4. The van der Waals surface area contributed by atoms with Gasteiger partial charge in [0, 0.05) is 5.92 Å². The molecule has 0 amide bonds. The largest absolute Gasteiger partial charge is 0.303 e. The Morgan fingerprint density at radius 3 is 2.27 bits per heavy atom. The molecule has 0 heterocycles. The van der Waals surface area contributed by atoms with Gasteiger partial charge >= 0.3 is 0 Å². The Balaban J connectivity index is 2.35. The molecule has 1 fully saturated rings. The van der Waals surface area contributed by atoms with Gasteiger partial charge < -0.3 is 4.79 Å². The lowest BCUT2D eigenvalue weighted by Crippen LogP contribution is -2.15. The zero-order chi connectivity index (χ0) is 8.27. The molecule has 1 aliphatic rings. The smallest absolute Gasteiger partial charge is 0.123 e. The van der Waals surface area contributed by atoms with Crippen LogP contribution < -0.4 is 0 Å². The SMILES string of the molecule is C=C(C)C1CCC(C=O)CC1. The molecule has 0 bridgehead atoms. The van der Waals surface area contributed by atoms with Crippen LogP contribution in [0.5, 0.6) is 0 Å². The third-order valence-corrected chi connectivity index (χ3v) is 2.66. The summed E-state index contributed by atoms with van der Waals surface area (Å²) in [7, 11) is 0. The van der Waals surface area contributed by atoms with Crippen molar-refractivity contribution in [1.82, 2.24) is 0 Å². The van der Waals surface area contributed by atoms with Crippen molar-refractivity contribution in [3.05, 3.63) is 12.2 Å². The predicted molar refractivity (Wildman–Crippen MR) is 46.3 cm³/mol. The third-order valence-electron chi connectivity index (χ3n) is 2.66. The van der Waals surface area contributed by atoms with Crippen LogP contribution in [0, 0.1) is 11.8 Å². The first-order valence-electron chi connectivity index (χ1n) is 4.34. The highest BCUT2D eigenvalue weighted by atomic mass is 16.1. The van der Waals surface area contributed by atoms with E-state index in [0.717, 1.165) is 19.1 Å². The first kappa shape index (κ1) is 8.51. The van der Waals surface area contributed by atoms with Crippen LogP contribution in [0.3, 0.4) is 0 Å². The van der Waals surface area contributed by atoms with Crippen LogP contribution in [0.1, 0.15) is 32.6 Å². The molecule has 11 heavy (non-hydrogen) atoms. The van der Waals surface area contributed by atoms with E-state index < -0.39 is 0 Å². The Morgan fingerprint density at radius 1 is 1.36 bits per heavy atom. The van der Waals surface area contributed by atoms with E-state index in [4.69, 9.17) is 0 Å². The zero-order valence-electron chi connectivity index (χ0n) is 7.18. The van der Waals surface area contributed by atoms with E-state index in [9.17, 15) is 4.79 Å². The van der Waals surface area contributed by atoms with Crippen molar-refractivity contribution in [2.75, 3.05) is 0 Å². The van der Waals surface area contributed by atoms with E-state index in [1.165, 1.54) is 18.4 Å². The van der Waals surface area contributed by atoms with Gasteiger partial charge in [0.15, 0.2) is 0 Å². The summed E-state index contributed by atoms with van der Waals surface area (Å²) in [5.41, 5.74) is 1.29. The van der Waals surface area contributed by atoms with Crippen LogP contribution in [0.25, 0.3) is 0 Å². The average Bonchev–Trinajstić information content (AvgIpc) is 2.05. The minimum absolute atomic E-state index is 0.339. The second-order valence-corrected chi connectivity index (χ2v) is 3.59. The van der Waals surface area contributed by atoms with E-state index in [0.29, 0.717) is 11.8 Å². The fourth-order valence-corrected chi connectivity index (χ4v) is 1.75. The summed E-state index contributed by atoms with van der Waals surface area (Å²) in [6.45, 7) is 6.03. The normalized spacial score (nSPS) is 31.4.